The molecule has 3 rings (SSSR count). The summed E-state index contributed by atoms with van der Waals surface area (Å²) in [6.45, 7) is 4.25. The summed E-state index contributed by atoms with van der Waals surface area (Å²) in [6.07, 6.45) is -4.60. The number of carbonyl (C=O) groups is 2. The van der Waals surface area contributed by atoms with Crippen LogP contribution < -0.4 is 0 Å². The zero-order chi connectivity index (χ0) is 26.3. The number of likely N-dealkylation sites (tertiary alicyclic amines) is 1. The lowest BCUT2D eigenvalue weighted by atomic mass is 10.1. The molecular weight excluding hydrogens is 500 g/mol. The van der Waals surface area contributed by atoms with Gasteiger partial charge in [0.25, 0.3) is 0 Å². The van der Waals surface area contributed by atoms with Crippen LogP contribution in [0, 0.1) is 0 Å². The minimum absolute atomic E-state index is 0.177. The number of hydrogen-bond acceptors (Lipinski definition) is 6. The van der Waals surface area contributed by atoms with Gasteiger partial charge in [0.2, 0.25) is 10.0 Å². The molecule has 16 heteroatoms. The molecule has 0 amide bonds. The topological polar surface area (TPSA) is 128 Å². The Morgan fingerprint density at radius 3 is 1.94 bits per heavy atom. The van der Waals surface area contributed by atoms with Gasteiger partial charge in [-0.3, -0.25) is 9.88 Å². The van der Waals surface area contributed by atoms with Crippen LogP contribution in [-0.4, -0.2) is 88.0 Å². The van der Waals surface area contributed by atoms with Crippen molar-refractivity contribution in [2.24, 2.45) is 0 Å². The number of hydrogen-bond donors (Lipinski definition) is 2. The normalized spacial score (nSPS) is 21.0. The fraction of sp³-hybridized carbons (Fsp3) is 0.611. The van der Waals surface area contributed by atoms with Gasteiger partial charge in [-0.15, -0.1) is 0 Å². The molecule has 2 aliphatic heterocycles. The molecule has 0 aliphatic carbocycles. The Hall–Kier alpha value is -2.46. The molecule has 2 atom stereocenters. The van der Waals surface area contributed by atoms with E-state index >= 15 is 0 Å². The smallest absolute Gasteiger partial charge is 0.475 e. The van der Waals surface area contributed by atoms with E-state index in [-0.39, 0.29) is 11.8 Å². The van der Waals surface area contributed by atoms with Gasteiger partial charge in [0.05, 0.1) is 5.75 Å². The van der Waals surface area contributed by atoms with Gasteiger partial charge >= 0.3 is 24.3 Å². The van der Waals surface area contributed by atoms with Crippen LogP contribution in [0.3, 0.4) is 0 Å². The van der Waals surface area contributed by atoms with Gasteiger partial charge < -0.3 is 10.2 Å². The lowest BCUT2D eigenvalue weighted by Gasteiger charge is -2.25. The number of fused-ring (bicyclic) bond motifs is 1. The van der Waals surface area contributed by atoms with Gasteiger partial charge in [0.1, 0.15) is 0 Å². The second-order valence-corrected chi connectivity index (χ2v) is 9.37. The van der Waals surface area contributed by atoms with Crippen LogP contribution in [0.15, 0.2) is 24.5 Å². The molecule has 1 aromatic rings. The largest absolute Gasteiger partial charge is 0.490 e. The molecule has 0 saturated carbocycles. The summed E-state index contributed by atoms with van der Waals surface area (Å²) in [5, 5.41) is 14.2. The van der Waals surface area contributed by atoms with Crippen molar-refractivity contribution in [2.75, 3.05) is 18.8 Å². The van der Waals surface area contributed by atoms with Gasteiger partial charge in [0.15, 0.2) is 0 Å². The Morgan fingerprint density at radius 2 is 1.53 bits per heavy atom. The molecule has 0 radical (unpaired) electrons. The summed E-state index contributed by atoms with van der Waals surface area (Å²) >= 11 is 0. The van der Waals surface area contributed by atoms with Crippen molar-refractivity contribution in [2.45, 2.75) is 50.7 Å². The SMILES string of the molecule is CCS(=O)(=O)N1CC[C@H]2[C@H]1CCN2Cc1cccnc1.O=C(O)C(F)(F)F.O=C(O)C(F)(F)F. The molecule has 0 bridgehead atoms. The first-order valence-corrected chi connectivity index (χ1v) is 11.3. The maximum absolute atomic E-state index is 12.1. The van der Waals surface area contributed by atoms with Crippen molar-refractivity contribution in [1.82, 2.24) is 14.2 Å². The van der Waals surface area contributed by atoms with Gasteiger partial charge in [-0.05, 0) is 31.4 Å². The number of pyridine rings is 1. The summed E-state index contributed by atoms with van der Waals surface area (Å²) in [6, 6.07) is 4.58. The van der Waals surface area contributed by atoms with E-state index < -0.39 is 34.3 Å². The number of carboxylic acid groups (broad SMARTS) is 2. The van der Waals surface area contributed by atoms with E-state index in [1.54, 1.807) is 17.4 Å². The standard InChI is InChI=1S/C14H21N3O2S.2C2HF3O2/c1-2-20(18,19)17-9-6-13-14(17)5-8-16(13)11-12-4-3-7-15-10-12;2*3-2(4,5)1(6)7/h3-4,7,10,13-14H,2,5-6,8-9,11H2,1H3;2*(H,6,7)/t13-,14+;;/m0../s1. The first-order chi connectivity index (χ1) is 15.5. The molecule has 2 fully saturated rings. The number of nitrogens with zero attached hydrogens (tertiary/aromatic N) is 3. The highest BCUT2D eigenvalue weighted by Crippen LogP contribution is 2.34. The van der Waals surface area contributed by atoms with Crippen molar-refractivity contribution >= 4 is 22.0 Å². The van der Waals surface area contributed by atoms with E-state index in [2.05, 4.69) is 16.0 Å². The highest BCUT2D eigenvalue weighted by atomic mass is 32.2. The van der Waals surface area contributed by atoms with Crippen molar-refractivity contribution in [3.8, 4) is 0 Å². The fourth-order valence-electron chi connectivity index (χ4n) is 3.47. The first-order valence-electron chi connectivity index (χ1n) is 9.73. The van der Waals surface area contributed by atoms with E-state index in [4.69, 9.17) is 19.8 Å². The van der Waals surface area contributed by atoms with E-state index in [9.17, 15) is 34.8 Å². The van der Waals surface area contributed by atoms with Gasteiger partial charge in [-0.2, -0.15) is 30.6 Å². The number of aromatic nitrogens is 1. The van der Waals surface area contributed by atoms with E-state index in [0.717, 1.165) is 25.9 Å². The molecule has 3 heterocycles. The third-order valence-corrected chi connectivity index (χ3v) is 6.85. The predicted octanol–water partition coefficient (Wildman–Crippen LogP) is 2.35. The molecular formula is C18H23F6N3O6S. The van der Waals surface area contributed by atoms with Gasteiger partial charge in [-0.1, -0.05) is 6.07 Å². The van der Waals surface area contributed by atoms with Crippen molar-refractivity contribution in [3.63, 3.8) is 0 Å². The maximum Gasteiger partial charge on any atom is 0.490 e. The Labute approximate surface area is 191 Å². The minimum Gasteiger partial charge on any atom is -0.475 e. The van der Waals surface area contributed by atoms with Crippen molar-refractivity contribution in [3.05, 3.63) is 30.1 Å². The molecule has 2 N–H and O–H groups in total. The highest BCUT2D eigenvalue weighted by Gasteiger charge is 2.46. The van der Waals surface area contributed by atoms with E-state index in [1.807, 2.05) is 12.3 Å². The molecule has 194 valence electrons. The molecule has 0 aromatic carbocycles. The van der Waals surface area contributed by atoms with Gasteiger partial charge in [0, 0.05) is 44.1 Å². The van der Waals surface area contributed by atoms with Crippen molar-refractivity contribution < 1.29 is 54.6 Å². The highest BCUT2D eigenvalue weighted by molar-refractivity contribution is 7.89. The monoisotopic (exact) mass is 523 g/mol. The molecule has 2 aliphatic rings. The molecule has 34 heavy (non-hydrogen) atoms. The predicted molar refractivity (Wildman–Crippen MR) is 105 cm³/mol. The second kappa shape index (κ2) is 11.8. The molecule has 1 aromatic heterocycles. The van der Waals surface area contributed by atoms with Crippen LogP contribution in [0.25, 0.3) is 0 Å². The quantitative estimate of drug-likeness (QED) is 0.576. The van der Waals surface area contributed by atoms with Crippen molar-refractivity contribution in [1.29, 1.82) is 0 Å². The molecule has 0 spiro atoms. The number of halogens is 6. The van der Waals surface area contributed by atoms with E-state index in [0.29, 0.717) is 12.6 Å². The summed E-state index contributed by atoms with van der Waals surface area (Å²) in [5.74, 6) is -5.31. The minimum atomic E-state index is -5.08. The van der Waals surface area contributed by atoms with E-state index in [1.165, 1.54) is 5.56 Å². The average Bonchev–Trinajstić information content (AvgIpc) is 3.31. The zero-order valence-corrected chi connectivity index (χ0v) is 18.6. The van der Waals surface area contributed by atoms with Gasteiger partial charge in [-0.25, -0.2) is 18.0 Å². The Morgan fingerprint density at radius 1 is 1.03 bits per heavy atom. The molecule has 0 unspecified atom stereocenters. The lowest BCUT2D eigenvalue weighted by molar-refractivity contribution is -0.193. The van der Waals surface area contributed by atoms with Crippen LogP contribution in [0.5, 0.6) is 0 Å². The average molecular weight is 523 g/mol. The number of alkyl halides is 6. The third kappa shape index (κ3) is 8.72. The lowest BCUT2D eigenvalue weighted by Crippen LogP contribution is -2.40. The Kier molecular flexibility index (Phi) is 10.3. The number of sulfonamides is 1. The fourth-order valence-corrected chi connectivity index (χ4v) is 4.84. The van der Waals surface area contributed by atoms with Crippen LogP contribution in [0.2, 0.25) is 0 Å². The molecule has 2 saturated heterocycles. The second-order valence-electron chi connectivity index (χ2n) is 7.16. The first kappa shape index (κ1) is 29.6. The van der Waals surface area contributed by atoms with Crippen LogP contribution in [-0.2, 0) is 26.2 Å². The number of aliphatic carboxylic acids is 2. The van der Waals surface area contributed by atoms with Crippen LogP contribution in [0.4, 0.5) is 26.3 Å². The summed E-state index contributed by atoms with van der Waals surface area (Å²) in [4.78, 5) is 24.3. The Balaban J connectivity index is 0.000000343. The third-order valence-electron chi connectivity index (χ3n) is 4.96. The maximum atomic E-state index is 12.1. The Bertz CT molecular complexity index is 902. The summed E-state index contributed by atoms with van der Waals surface area (Å²) < 4.78 is 89.4. The summed E-state index contributed by atoms with van der Waals surface area (Å²) in [5.41, 5.74) is 1.20. The van der Waals surface area contributed by atoms with Crippen LogP contribution >= 0.6 is 0 Å². The number of rotatable bonds is 4. The zero-order valence-electron chi connectivity index (χ0n) is 17.8. The summed E-state index contributed by atoms with van der Waals surface area (Å²) in [7, 11) is -3.05. The molecule has 9 nitrogen and oxygen atoms in total. The van der Waals surface area contributed by atoms with Crippen LogP contribution in [0.1, 0.15) is 25.3 Å². The number of carboxylic acids is 2.